The lowest BCUT2D eigenvalue weighted by atomic mass is 10.0. The van der Waals surface area contributed by atoms with Gasteiger partial charge >= 0.3 is 0 Å². The number of hydrogen-bond acceptors (Lipinski definition) is 4. The third-order valence-corrected chi connectivity index (χ3v) is 5.64. The Morgan fingerprint density at radius 3 is 2.90 bits per heavy atom. The quantitative estimate of drug-likeness (QED) is 0.886. The van der Waals surface area contributed by atoms with Crippen molar-refractivity contribution < 1.29 is 13.2 Å². The van der Waals surface area contributed by atoms with Crippen LogP contribution in [0, 0.1) is 0 Å². The summed E-state index contributed by atoms with van der Waals surface area (Å²) in [5, 5.41) is 3.32. The fourth-order valence-electron chi connectivity index (χ4n) is 3.09. The van der Waals surface area contributed by atoms with Crippen molar-refractivity contribution in [3.63, 3.8) is 0 Å². The van der Waals surface area contributed by atoms with E-state index >= 15 is 0 Å². The van der Waals surface area contributed by atoms with Crippen LogP contribution in [-0.4, -0.2) is 33.2 Å². The van der Waals surface area contributed by atoms with E-state index in [0.717, 1.165) is 37.1 Å². The first-order valence-electron chi connectivity index (χ1n) is 7.49. The molecule has 21 heavy (non-hydrogen) atoms. The first kappa shape index (κ1) is 14.8. The minimum atomic E-state index is -3.46. The lowest BCUT2D eigenvalue weighted by Gasteiger charge is -2.28. The molecule has 1 fully saturated rings. The Morgan fingerprint density at radius 1 is 1.33 bits per heavy atom. The fourth-order valence-corrected chi connectivity index (χ4v) is 4.43. The van der Waals surface area contributed by atoms with E-state index in [2.05, 4.69) is 17.0 Å². The Morgan fingerprint density at radius 2 is 2.14 bits per heavy atom. The number of benzene rings is 1. The number of nitrogens with one attached hydrogen (secondary N) is 2. The number of ether oxygens (including phenoxy) is 1. The van der Waals surface area contributed by atoms with Gasteiger partial charge in [-0.15, -0.1) is 0 Å². The average molecular weight is 310 g/mol. The van der Waals surface area contributed by atoms with Gasteiger partial charge < -0.3 is 10.1 Å². The molecule has 2 aliphatic rings. The van der Waals surface area contributed by atoms with E-state index in [1.807, 2.05) is 6.92 Å². The molecule has 0 amide bonds. The normalized spacial score (nSPS) is 29.0. The lowest BCUT2D eigenvalue weighted by Crippen LogP contribution is -2.46. The first-order valence-corrected chi connectivity index (χ1v) is 8.97. The molecule has 1 aromatic carbocycles. The summed E-state index contributed by atoms with van der Waals surface area (Å²) in [6.45, 7) is 4.92. The van der Waals surface area contributed by atoms with Gasteiger partial charge in [0.05, 0.1) is 4.90 Å². The molecule has 2 heterocycles. The van der Waals surface area contributed by atoms with Crippen LogP contribution in [-0.2, 0) is 16.4 Å². The topological polar surface area (TPSA) is 67.4 Å². The van der Waals surface area contributed by atoms with Gasteiger partial charge in [0.2, 0.25) is 10.0 Å². The Labute approximate surface area is 126 Å². The zero-order chi connectivity index (χ0) is 15.0. The van der Waals surface area contributed by atoms with Crippen LogP contribution in [0.5, 0.6) is 5.75 Å². The summed E-state index contributed by atoms with van der Waals surface area (Å²) in [6.07, 6.45) is 2.54. The van der Waals surface area contributed by atoms with Crippen LogP contribution in [0.15, 0.2) is 23.1 Å². The molecule has 0 aliphatic carbocycles. The summed E-state index contributed by atoms with van der Waals surface area (Å²) in [4.78, 5) is 0.338. The summed E-state index contributed by atoms with van der Waals surface area (Å²) in [7, 11) is -3.46. The highest BCUT2D eigenvalue weighted by Gasteiger charge is 2.26. The van der Waals surface area contributed by atoms with Gasteiger partial charge in [0.15, 0.2) is 0 Å². The lowest BCUT2D eigenvalue weighted by molar-refractivity contribution is 0.254. The van der Waals surface area contributed by atoms with Gasteiger partial charge in [-0.25, -0.2) is 13.1 Å². The fraction of sp³-hybridized carbons (Fsp3) is 0.600. The minimum Gasteiger partial charge on any atom is -0.490 e. The van der Waals surface area contributed by atoms with Gasteiger partial charge in [0.25, 0.3) is 0 Å². The van der Waals surface area contributed by atoms with Crippen LogP contribution in [0.2, 0.25) is 0 Å². The molecule has 0 spiro atoms. The second kappa shape index (κ2) is 5.59. The molecule has 116 valence electrons. The van der Waals surface area contributed by atoms with E-state index in [-0.39, 0.29) is 12.1 Å². The monoisotopic (exact) mass is 310 g/mol. The maximum absolute atomic E-state index is 12.5. The Balaban J connectivity index is 1.77. The molecule has 5 nitrogen and oxygen atoms in total. The molecule has 3 unspecified atom stereocenters. The second-order valence-corrected chi connectivity index (χ2v) is 7.81. The molecule has 0 aromatic heterocycles. The molecule has 2 aliphatic heterocycles. The zero-order valence-electron chi connectivity index (χ0n) is 12.4. The van der Waals surface area contributed by atoms with Crippen molar-refractivity contribution in [3.8, 4) is 5.75 Å². The van der Waals surface area contributed by atoms with Crippen LogP contribution < -0.4 is 14.8 Å². The Hall–Kier alpha value is -1.11. The summed E-state index contributed by atoms with van der Waals surface area (Å²) in [6, 6.07) is 5.49. The third kappa shape index (κ3) is 3.22. The van der Waals surface area contributed by atoms with Crippen LogP contribution in [0.4, 0.5) is 0 Å². The molecule has 3 rings (SSSR count). The highest BCUT2D eigenvalue weighted by Crippen LogP contribution is 2.30. The zero-order valence-corrected chi connectivity index (χ0v) is 13.2. The molecular formula is C15H22N2O3S. The van der Waals surface area contributed by atoms with Crippen LogP contribution in [0.3, 0.4) is 0 Å². The molecule has 6 heteroatoms. The second-order valence-electron chi connectivity index (χ2n) is 6.10. The van der Waals surface area contributed by atoms with Crippen LogP contribution >= 0.6 is 0 Å². The number of piperidine rings is 1. The molecule has 3 atom stereocenters. The van der Waals surface area contributed by atoms with Gasteiger partial charge in [-0.2, -0.15) is 0 Å². The summed E-state index contributed by atoms with van der Waals surface area (Å²) in [5.41, 5.74) is 0.976. The standard InChI is InChI=1S/C15H22N2O3S/c1-10-7-13(5-6-16-10)17-21(18,19)14-3-4-15-12(9-14)8-11(2)20-15/h3-4,9-11,13,16-17H,5-8H2,1-2H3. The van der Waals surface area contributed by atoms with Crippen molar-refractivity contribution in [2.75, 3.05) is 6.54 Å². The third-order valence-electron chi connectivity index (χ3n) is 4.12. The minimum absolute atomic E-state index is 0.00896. The van der Waals surface area contributed by atoms with E-state index in [1.165, 1.54) is 0 Å². The molecule has 0 radical (unpaired) electrons. The average Bonchev–Trinajstić information content (AvgIpc) is 2.77. The van der Waals surface area contributed by atoms with Gasteiger partial charge in [-0.1, -0.05) is 0 Å². The smallest absolute Gasteiger partial charge is 0.240 e. The summed E-state index contributed by atoms with van der Waals surface area (Å²) >= 11 is 0. The van der Waals surface area contributed by atoms with Crippen molar-refractivity contribution >= 4 is 10.0 Å². The van der Waals surface area contributed by atoms with E-state index in [4.69, 9.17) is 4.74 Å². The van der Waals surface area contributed by atoms with Crippen molar-refractivity contribution in [1.82, 2.24) is 10.0 Å². The van der Waals surface area contributed by atoms with Gasteiger partial charge in [0.1, 0.15) is 11.9 Å². The number of rotatable bonds is 3. The molecule has 0 bridgehead atoms. The first-order chi connectivity index (χ1) is 9.94. The molecular weight excluding hydrogens is 288 g/mol. The van der Waals surface area contributed by atoms with Crippen molar-refractivity contribution in [2.45, 2.75) is 56.2 Å². The van der Waals surface area contributed by atoms with Gasteiger partial charge in [-0.3, -0.25) is 0 Å². The van der Waals surface area contributed by atoms with Gasteiger partial charge in [-0.05, 0) is 57.0 Å². The van der Waals surface area contributed by atoms with Crippen LogP contribution in [0.25, 0.3) is 0 Å². The highest BCUT2D eigenvalue weighted by molar-refractivity contribution is 7.89. The predicted octanol–water partition coefficient (Wildman–Crippen LogP) is 1.43. The van der Waals surface area contributed by atoms with E-state index < -0.39 is 10.0 Å². The number of sulfonamides is 1. The number of fused-ring (bicyclic) bond motifs is 1. The summed E-state index contributed by atoms with van der Waals surface area (Å²) < 4.78 is 33.5. The van der Waals surface area contributed by atoms with Crippen LogP contribution in [0.1, 0.15) is 32.3 Å². The van der Waals surface area contributed by atoms with Crippen molar-refractivity contribution in [3.05, 3.63) is 23.8 Å². The van der Waals surface area contributed by atoms with Gasteiger partial charge in [0, 0.05) is 18.5 Å². The molecule has 1 saturated heterocycles. The van der Waals surface area contributed by atoms with Crippen molar-refractivity contribution in [2.24, 2.45) is 0 Å². The molecule has 1 aromatic rings. The molecule has 0 saturated carbocycles. The Kier molecular flexibility index (Phi) is 3.94. The highest BCUT2D eigenvalue weighted by atomic mass is 32.2. The van der Waals surface area contributed by atoms with E-state index in [0.29, 0.717) is 10.9 Å². The van der Waals surface area contributed by atoms with E-state index in [1.54, 1.807) is 18.2 Å². The SMILES string of the molecule is CC1CC(NS(=O)(=O)c2ccc3c(c2)CC(C)O3)CCN1. The van der Waals surface area contributed by atoms with Crippen molar-refractivity contribution in [1.29, 1.82) is 0 Å². The maximum Gasteiger partial charge on any atom is 0.240 e. The largest absolute Gasteiger partial charge is 0.490 e. The predicted molar refractivity (Wildman–Crippen MR) is 81.0 cm³/mol. The van der Waals surface area contributed by atoms with E-state index in [9.17, 15) is 8.42 Å². The number of hydrogen-bond donors (Lipinski definition) is 2. The summed E-state index contributed by atoms with van der Waals surface area (Å²) in [5.74, 6) is 0.803. The molecule has 2 N–H and O–H groups in total. The maximum atomic E-state index is 12.5. The Bertz CT molecular complexity index is 630.